The number of hydrogen-bond acceptors (Lipinski definition) is 4. The maximum atomic E-state index is 6.80. The van der Waals surface area contributed by atoms with Crippen LogP contribution < -0.4 is 14.5 Å². The van der Waals surface area contributed by atoms with Crippen molar-refractivity contribution in [3.63, 3.8) is 0 Å². The molecule has 6 aromatic carbocycles. The van der Waals surface area contributed by atoms with Crippen LogP contribution >= 0.6 is 0 Å². The molecule has 3 heterocycles. The molecule has 0 saturated heterocycles. The van der Waals surface area contributed by atoms with Crippen molar-refractivity contribution in [2.75, 3.05) is 16.5 Å². The maximum absolute atomic E-state index is 6.80. The minimum Gasteiger partial charge on any atom is -0.457 e. The van der Waals surface area contributed by atoms with E-state index in [2.05, 4.69) is 225 Å². The van der Waals surface area contributed by atoms with Crippen LogP contribution in [0.2, 0.25) is 0 Å². The normalized spacial score (nSPS) is 13.4. The summed E-state index contributed by atoms with van der Waals surface area (Å²) in [6, 6.07) is 46.7. The van der Waals surface area contributed by atoms with E-state index in [0.717, 1.165) is 34.0 Å². The van der Waals surface area contributed by atoms with Gasteiger partial charge in [0.2, 0.25) is 0 Å². The molecule has 62 heavy (non-hydrogen) atoms. The standard InChI is InChI=1S/C57H60N4O/c1-36-26-37(2)54(38(3)27-36)39-20-23-50-52(28-39)60(44-30-41(56(7,8)9)29-42(31-44)57(10,11)12)35-59(50)43-16-15-17-45(33-43)62-46-21-22-48-47-18-13-14-19-49(47)61(51(48)34-46)53-32-40(24-25-58-53)55(4,5)6/h13-34H,35H2,1-12H3. The van der Waals surface area contributed by atoms with Crippen LogP contribution in [-0.2, 0) is 16.2 Å². The van der Waals surface area contributed by atoms with E-state index in [-0.39, 0.29) is 16.2 Å². The lowest BCUT2D eigenvalue weighted by molar-refractivity contribution is 0.483. The van der Waals surface area contributed by atoms with Gasteiger partial charge in [-0.25, -0.2) is 4.98 Å². The van der Waals surface area contributed by atoms with E-state index >= 15 is 0 Å². The second-order valence-electron chi connectivity index (χ2n) is 20.5. The Bertz CT molecular complexity index is 2970. The second-order valence-corrected chi connectivity index (χ2v) is 20.5. The highest BCUT2D eigenvalue weighted by Crippen LogP contribution is 2.49. The summed E-state index contributed by atoms with van der Waals surface area (Å²) >= 11 is 0. The maximum Gasteiger partial charge on any atom is 0.137 e. The van der Waals surface area contributed by atoms with Crippen LogP contribution in [0.5, 0.6) is 11.5 Å². The average molecular weight is 817 g/mol. The molecule has 2 aromatic heterocycles. The fourth-order valence-corrected chi connectivity index (χ4v) is 9.25. The van der Waals surface area contributed by atoms with Gasteiger partial charge in [0.25, 0.3) is 0 Å². The monoisotopic (exact) mass is 816 g/mol. The Morgan fingerprint density at radius 1 is 0.500 bits per heavy atom. The molecule has 8 aromatic rings. The van der Waals surface area contributed by atoms with E-state index in [1.165, 1.54) is 72.3 Å². The van der Waals surface area contributed by atoms with Gasteiger partial charge in [-0.3, -0.25) is 4.57 Å². The largest absolute Gasteiger partial charge is 0.457 e. The van der Waals surface area contributed by atoms with E-state index in [0.29, 0.717) is 6.67 Å². The Balaban J connectivity index is 1.13. The van der Waals surface area contributed by atoms with Crippen LogP contribution in [0, 0.1) is 20.8 Å². The van der Waals surface area contributed by atoms with Crippen molar-refractivity contribution in [2.45, 2.75) is 99.3 Å². The molecule has 0 spiro atoms. The predicted molar refractivity (Wildman–Crippen MR) is 263 cm³/mol. The van der Waals surface area contributed by atoms with Gasteiger partial charge in [0.15, 0.2) is 0 Å². The number of pyridine rings is 1. The van der Waals surface area contributed by atoms with Crippen LogP contribution in [0.4, 0.5) is 22.7 Å². The summed E-state index contributed by atoms with van der Waals surface area (Å²) in [6.45, 7) is 27.9. The van der Waals surface area contributed by atoms with Crippen molar-refractivity contribution in [3.8, 4) is 28.4 Å². The minimum absolute atomic E-state index is 0.00405. The molecule has 0 aliphatic carbocycles. The van der Waals surface area contributed by atoms with Gasteiger partial charge in [-0.15, -0.1) is 0 Å². The van der Waals surface area contributed by atoms with Crippen LogP contribution in [0.1, 0.15) is 95.7 Å². The SMILES string of the molecule is Cc1cc(C)c(-c2ccc3c(c2)N(c2cc(C(C)(C)C)cc(C(C)(C)C)c2)CN3c2cccc(Oc3ccc4c5ccccc5n(-c5cc(C(C)(C)C)ccn5)c4c3)c2)c(C)c1. The number of benzene rings is 6. The summed E-state index contributed by atoms with van der Waals surface area (Å²) in [5.74, 6) is 2.46. The van der Waals surface area contributed by atoms with Crippen molar-refractivity contribution in [3.05, 3.63) is 167 Å². The van der Waals surface area contributed by atoms with Crippen molar-refractivity contribution >= 4 is 44.6 Å². The predicted octanol–water partition coefficient (Wildman–Crippen LogP) is 15.7. The van der Waals surface area contributed by atoms with Gasteiger partial charge in [0.05, 0.1) is 22.4 Å². The van der Waals surface area contributed by atoms with Gasteiger partial charge >= 0.3 is 0 Å². The quantitative estimate of drug-likeness (QED) is 0.167. The molecule has 0 amide bonds. The molecular weight excluding hydrogens is 757 g/mol. The molecule has 314 valence electrons. The number of aryl methyl sites for hydroxylation is 3. The Hall–Kier alpha value is -6.33. The molecular formula is C57H60N4O. The summed E-state index contributed by atoms with van der Waals surface area (Å²) < 4.78 is 9.07. The highest BCUT2D eigenvalue weighted by Gasteiger charge is 2.31. The molecule has 5 nitrogen and oxygen atoms in total. The molecule has 0 bridgehead atoms. The van der Waals surface area contributed by atoms with Gasteiger partial charge < -0.3 is 14.5 Å². The van der Waals surface area contributed by atoms with E-state index in [9.17, 15) is 0 Å². The highest BCUT2D eigenvalue weighted by atomic mass is 16.5. The minimum atomic E-state index is -0.00769. The molecule has 0 fully saturated rings. The summed E-state index contributed by atoms with van der Waals surface area (Å²) in [5, 5.41) is 2.36. The van der Waals surface area contributed by atoms with E-state index in [1.54, 1.807) is 0 Å². The Morgan fingerprint density at radius 2 is 1.15 bits per heavy atom. The third-order valence-electron chi connectivity index (χ3n) is 12.6. The molecule has 0 radical (unpaired) electrons. The topological polar surface area (TPSA) is 33.5 Å². The third kappa shape index (κ3) is 7.52. The van der Waals surface area contributed by atoms with E-state index < -0.39 is 0 Å². The van der Waals surface area contributed by atoms with Crippen LogP contribution in [0.3, 0.4) is 0 Å². The zero-order chi connectivity index (χ0) is 43.9. The zero-order valence-corrected chi connectivity index (χ0v) is 38.6. The van der Waals surface area contributed by atoms with Crippen molar-refractivity contribution in [1.82, 2.24) is 9.55 Å². The number of para-hydroxylation sites is 1. The average Bonchev–Trinajstić information content (AvgIpc) is 3.75. The molecule has 9 rings (SSSR count). The molecule has 1 aliphatic heterocycles. The van der Waals surface area contributed by atoms with E-state index in [1.807, 2.05) is 6.20 Å². The van der Waals surface area contributed by atoms with Gasteiger partial charge in [0, 0.05) is 40.5 Å². The van der Waals surface area contributed by atoms with Gasteiger partial charge in [-0.05, 0) is 143 Å². The number of hydrogen-bond donors (Lipinski definition) is 0. The highest BCUT2D eigenvalue weighted by molar-refractivity contribution is 6.09. The van der Waals surface area contributed by atoms with Gasteiger partial charge in [-0.1, -0.05) is 116 Å². The number of nitrogens with zero attached hydrogens (tertiary/aromatic N) is 4. The fourth-order valence-electron chi connectivity index (χ4n) is 9.25. The lowest BCUT2D eigenvalue weighted by atomic mass is 9.80. The third-order valence-corrected chi connectivity index (χ3v) is 12.6. The van der Waals surface area contributed by atoms with Crippen LogP contribution in [0.25, 0.3) is 38.8 Å². The molecule has 0 atom stereocenters. The summed E-state index contributed by atoms with van der Waals surface area (Å²) in [6.07, 6.45) is 1.93. The zero-order valence-electron chi connectivity index (χ0n) is 38.6. The smallest absolute Gasteiger partial charge is 0.137 e. The first-order valence-corrected chi connectivity index (χ1v) is 22.0. The summed E-state index contributed by atoms with van der Waals surface area (Å²) in [5.41, 5.74) is 17.2. The van der Waals surface area contributed by atoms with Gasteiger partial charge in [-0.2, -0.15) is 0 Å². The number of ether oxygens (including phenoxy) is 1. The Labute approximate surface area is 368 Å². The second kappa shape index (κ2) is 14.9. The Morgan fingerprint density at radius 3 is 1.84 bits per heavy atom. The fraction of sp³-hybridized carbons (Fsp3) is 0.281. The lowest BCUT2D eigenvalue weighted by Gasteiger charge is -2.29. The number of rotatable bonds is 6. The van der Waals surface area contributed by atoms with Crippen LogP contribution in [0.15, 0.2) is 134 Å². The van der Waals surface area contributed by atoms with E-state index in [4.69, 9.17) is 9.72 Å². The number of fused-ring (bicyclic) bond motifs is 4. The molecule has 0 unspecified atom stereocenters. The molecule has 0 N–H and O–H groups in total. The van der Waals surface area contributed by atoms with Crippen molar-refractivity contribution in [2.24, 2.45) is 0 Å². The Kier molecular flexibility index (Phi) is 9.89. The summed E-state index contributed by atoms with van der Waals surface area (Å²) in [4.78, 5) is 9.82. The first-order chi connectivity index (χ1) is 29.3. The molecule has 5 heteroatoms. The first kappa shape index (κ1) is 41.0. The lowest BCUT2D eigenvalue weighted by Crippen LogP contribution is -2.25. The van der Waals surface area contributed by atoms with Crippen molar-refractivity contribution < 1.29 is 4.74 Å². The number of aromatic nitrogens is 2. The van der Waals surface area contributed by atoms with Crippen LogP contribution in [-0.4, -0.2) is 16.2 Å². The number of anilines is 4. The van der Waals surface area contributed by atoms with Gasteiger partial charge in [0.1, 0.15) is 24.0 Å². The van der Waals surface area contributed by atoms with Crippen molar-refractivity contribution in [1.29, 1.82) is 0 Å². The molecule has 0 saturated carbocycles. The molecule has 1 aliphatic rings. The first-order valence-electron chi connectivity index (χ1n) is 22.0. The summed E-state index contributed by atoms with van der Waals surface area (Å²) in [7, 11) is 0.